The lowest BCUT2D eigenvalue weighted by molar-refractivity contribution is 0.122. The fraction of sp³-hybridized carbons (Fsp3) is 0.667. The summed E-state index contributed by atoms with van der Waals surface area (Å²) in [5.41, 5.74) is 1.28. The molecule has 2 aliphatic rings. The van der Waals surface area contributed by atoms with E-state index in [1.165, 1.54) is 10.4 Å². The predicted molar refractivity (Wildman–Crippen MR) is 96.6 cm³/mol. The number of hydrogen-bond donors (Lipinski definition) is 2. The van der Waals surface area contributed by atoms with Gasteiger partial charge in [0.25, 0.3) is 5.56 Å². The minimum absolute atomic E-state index is 0.0341. The Morgan fingerprint density at radius 1 is 1.29 bits per heavy atom. The maximum absolute atomic E-state index is 12.5. The van der Waals surface area contributed by atoms with Gasteiger partial charge in [0, 0.05) is 17.5 Å². The highest BCUT2D eigenvalue weighted by Gasteiger charge is 2.25. The molecule has 0 bridgehead atoms. The van der Waals surface area contributed by atoms with Crippen molar-refractivity contribution in [1.82, 2.24) is 14.9 Å². The molecule has 2 aromatic rings. The van der Waals surface area contributed by atoms with Crippen molar-refractivity contribution in [3.05, 3.63) is 26.6 Å². The Bertz CT molecular complexity index is 789. The van der Waals surface area contributed by atoms with Gasteiger partial charge < -0.3 is 10.1 Å². The molecule has 5 nitrogen and oxygen atoms in total. The summed E-state index contributed by atoms with van der Waals surface area (Å²) in [6.45, 7) is 0.993. The number of aliphatic hydroxyl groups is 1. The van der Waals surface area contributed by atoms with Crippen LogP contribution in [-0.4, -0.2) is 39.7 Å². The van der Waals surface area contributed by atoms with E-state index >= 15 is 0 Å². The van der Waals surface area contributed by atoms with Crippen LogP contribution < -0.4 is 5.56 Å². The van der Waals surface area contributed by atoms with Crippen molar-refractivity contribution in [1.29, 1.82) is 0 Å². The van der Waals surface area contributed by atoms with Crippen LogP contribution in [0.4, 0.5) is 0 Å². The monoisotopic (exact) mass is 347 g/mol. The Morgan fingerprint density at radius 3 is 2.83 bits per heavy atom. The predicted octanol–water partition coefficient (Wildman–Crippen LogP) is 2.46. The first kappa shape index (κ1) is 16.2. The van der Waals surface area contributed by atoms with E-state index in [0.29, 0.717) is 25.1 Å². The number of aromatic nitrogens is 2. The van der Waals surface area contributed by atoms with E-state index in [0.717, 1.165) is 61.0 Å². The normalized spacial score (nSPS) is 24.0. The number of H-pyrrole nitrogens is 1. The van der Waals surface area contributed by atoms with Crippen molar-refractivity contribution in [2.75, 3.05) is 13.7 Å². The molecule has 2 N–H and O–H groups in total. The van der Waals surface area contributed by atoms with Crippen LogP contribution in [0, 0.1) is 5.92 Å². The largest absolute Gasteiger partial charge is 0.396 e. The quantitative estimate of drug-likeness (QED) is 0.891. The number of aryl methyl sites for hydroxylation is 2. The van der Waals surface area contributed by atoms with Gasteiger partial charge in [-0.15, -0.1) is 11.3 Å². The Balaban J connectivity index is 1.52. The first-order valence-corrected chi connectivity index (χ1v) is 9.82. The summed E-state index contributed by atoms with van der Waals surface area (Å²) in [6.07, 6.45) is 7.69. The Hall–Kier alpha value is -1.24. The average molecular weight is 347 g/mol. The molecular weight excluding hydrogens is 322 g/mol. The zero-order chi connectivity index (χ0) is 16.7. The SMILES string of the molecule is CN(Cc1nc2sc3c(c2c(=O)[nH]1)CCC3)C1CCC(CO)CC1. The summed E-state index contributed by atoms with van der Waals surface area (Å²) in [6, 6.07) is 0.516. The Morgan fingerprint density at radius 2 is 2.08 bits per heavy atom. The highest BCUT2D eigenvalue weighted by Crippen LogP contribution is 2.34. The second-order valence-electron chi connectivity index (χ2n) is 7.32. The first-order valence-electron chi connectivity index (χ1n) is 9.00. The highest BCUT2D eigenvalue weighted by atomic mass is 32.1. The molecule has 24 heavy (non-hydrogen) atoms. The first-order chi connectivity index (χ1) is 11.7. The molecule has 1 fully saturated rings. The standard InChI is InChI=1S/C18H25N3O2S/c1-21(12-7-5-11(10-22)6-8-12)9-15-19-17(23)16-13-3-2-4-14(13)24-18(16)20-15/h11-12,22H,2-10H2,1H3,(H,19,20,23). The topological polar surface area (TPSA) is 69.2 Å². The fourth-order valence-electron chi connectivity index (χ4n) is 4.26. The van der Waals surface area contributed by atoms with Crippen LogP contribution in [0.5, 0.6) is 0 Å². The van der Waals surface area contributed by atoms with Crippen molar-refractivity contribution < 1.29 is 5.11 Å². The van der Waals surface area contributed by atoms with Gasteiger partial charge in [0.1, 0.15) is 10.7 Å². The van der Waals surface area contributed by atoms with E-state index in [4.69, 9.17) is 4.98 Å². The molecule has 2 aliphatic carbocycles. The number of nitrogens with zero attached hydrogens (tertiary/aromatic N) is 2. The van der Waals surface area contributed by atoms with Gasteiger partial charge in [0.05, 0.1) is 11.9 Å². The van der Waals surface area contributed by atoms with Crippen LogP contribution >= 0.6 is 11.3 Å². The van der Waals surface area contributed by atoms with Crippen LogP contribution in [0.1, 0.15) is 48.4 Å². The van der Waals surface area contributed by atoms with Crippen LogP contribution in [0.2, 0.25) is 0 Å². The van der Waals surface area contributed by atoms with Crippen LogP contribution in [-0.2, 0) is 19.4 Å². The molecule has 130 valence electrons. The van der Waals surface area contributed by atoms with Crippen molar-refractivity contribution in [2.45, 2.75) is 57.5 Å². The van der Waals surface area contributed by atoms with Gasteiger partial charge in [0.15, 0.2) is 0 Å². The molecule has 0 aromatic carbocycles. The summed E-state index contributed by atoms with van der Waals surface area (Å²) in [7, 11) is 2.11. The van der Waals surface area contributed by atoms with Crippen LogP contribution in [0.25, 0.3) is 10.2 Å². The molecular formula is C18H25N3O2S. The van der Waals surface area contributed by atoms with Crippen molar-refractivity contribution in [2.24, 2.45) is 5.92 Å². The molecule has 2 aromatic heterocycles. The lowest BCUT2D eigenvalue weighted by Gasteiger charge is -2.33. The van der Waals surface area contributed by atoms with Gasteiger partial charge >= 0.3 is 0 Å². The van der Waals surface area contributed by atoms with Crippen LogP contribution in [0.3, 0.4) is 0 Å². The zero-order valence-corrected chi connectivity index (χ0v) is 15.0. The molecule has 0 spiro atoms. The molecule has 0 radical (unpaired) electrons. The van der Waals surface area contributed by atoms with Crippen molar-refractivity contribution in [3.8, 4) is 0 Å². The highest BCUT2D eigenvalue weighted by molar-refractivity contribution is 7.18. The van der Waals surface area contributed by atoms with Crippen LogP contribution in [0.15, 0.2) is 4.79 Å². The average Bonchev–Trinajstić information content (AvgIpc) is 3.15. The van der Waals surface area contributed by atoms with Gasteiger partial charge in [-0.25, -0.2) is 4.98 Å². The molecule has 0 unspecified atom stereocenters. The number of fused-ring (bicyclic) bond motifs is 3. The lowest BCUT2D eigenvalue weighted by Crippen LogP contribution is -2.36. The molecule has 0 saturated heterocycles. The third kappa shape index (κ3) is 2.91. The number of thiophene rings is 1. The summed E-state index contributed by atoms with van der Waals surface area (Å²) in [5.74, 6) is 1.25. The molecule has 6 heteroatoms. The molecule has 0 amide bonds. The number of nitrogens with one attached hydrogen (secondary N) is 1. The van der Waals surface area contributed by atoms with Gasteiger partial charge in [-0.05, 0) is 63.5 Å². The second kappa shape index (κ2) is 6.58. The van der Waals surface area contributed by atoms with Crippen molar-refractivity contribution >= 4 is 21.6 Å². The van der Waals surface area contributed by atoms with E-state index in [9.17, 15) is 9.90 Å². The van der Waals surface area contributed by atoms with E-state index in [2.05, 4.69) is 16.9 Å². The molecule has 1 saturated carbocycles. The minimum atomic E-state index is 0.0341. The summed E-state index contributed by atoms with van der Waals surface area (Å²) in [4.78, 5) is 24.9. The lowest BCUT2D eigenvalue weighted by atomic mass is 9.86. The summed E-state index contributed by atoms with van der Waals surface area (Å²) >= 11 is 1.70. The number of hydrogen-bond acceptors (Lipinski definition) is 5. The third-order valence-corrected chi connectivity index (χ3v) is 6.91. The van der Waals surface area contributed by atoms with Gasteiger partial charge in [-0.1, -0.05) is 0 Å². The second-order valence-corrected chi connectivity index (χ2v) is 8.41. The molecule has 2 heterocycles. The van der Waals surface area contributed by atoms with E-state index in [1.54, 1.807) is 11.3 Å². The maximum atomic E-state index is 12.5. The fourth-order valence-corrected chi connectivity index (χ4v) is 5.54. The van der Waals surface area contributed by atoms with E-state index < -0.39 is 0 Å². The number of aromatic amines is 1. The zero-order valence-electron chi connectivity index (χ0n) is 14.2. The van der Waals surface area contributed by atoms with Gasteiger partial charge in [0.2, 0.25) is 0 Å². The maximum Gasteiger partial charge on any atom is 0.259 e. The van der Waals surface area contributed by atoms with Crippen molar-refractivity contribution in [3.63, 3.8) is 0 Å². The van der Waals surface area contributed by atoms with Gasteiger partial charge in [-0.2, -0.15) is 0 Å². The van der Waals surface area contributed by atoms with E-state index in [-0.39, 0.29) is 5.56 Å². The molecule has 4 rings (SSSR count). The third-order valence-electron chi connectivity index (χ3n) is 5.72. The number of rotatable bonds is 4. The Kier molecular flexibility index (Phi) is 4.45. The van der Waals surface area contributed by atoms with E-state index in [1.807, 2.05) is 0 Å². The summed E-state index contributed by atoms with van der Waals surface area (Å²) in [5, 5.41) is 10.1. The minimum Gasteiger partial charge on any atom is -0.396 e. The molecule has 0 atom stereocenters. The number of aliphatic hydroxyl groups excluding tert-OH is 1. The van der Waals surface area contributed by atoms with Gasteiger partial charge in [-0.3, -0.25) is 9.69 Å². The Labute approximate surface area is 145 Å². The summed E-state index contributed by atoms with van der Waals surface area (Å²) < 4.78 is 0. The smallest absolute Gasteiger partial charge is 0.259 e. The molecule has 0 aliphatic heterocycles.